The summed E-state index contributed by atoms with van der Waals surface area (Å²) in [6, 6.07) is 5.65. The number of dihydropyridines is 1. The van der Waals surface area contributed by atoms with Gasteiger partial charge in [0, 0.05) is 35.9 Å². The van der Waals surface area contributed by atoms with Crippen LogP contribution in [0.15, 0.2) is 40.7 Å². The number of ketones is 1. The van der Waals surface area contributed by atoms with Crippen LogP contribution in [-0.4, -0.2) is 44.8 Å². The standard InChI is InChI=1S/C28H37NO6/c1-6-11-34-22-10-9-18(13-23(22)32-5)25-24(27(31)35-16-19-8-7-12-33-19)17(2)29-20-14-28(3,4)15-21(30)26(20)25/h9-10,13,19,25,29H,6-8,11-12,14-16H2,1-5H3. The van der Waals surface area contributed by atoms with Crippen molar-refractivity contribution in [2.45, 2.75) is 71.8 Å². The summed E-state index contributed by atoms with van der Waals surface area (Å²) in [5, 5.41) is 3.38. The summed E-state index contributed by atoms with van der Waals surface area (Å²) in [5.74, 6) is 0.299. The summed E-state index contributed by atoms with van der Waals surface area (Å²) in [5.41, 5.74) is 3.34. The summed E-state index contributed by atoms with van der Waals surface area (Å²) in [7, 11) is 1.59. The zero-order chi connectivity index (χ0) is 25.2. The summed E-state index contributed by atoms with van der Waals surface area (Å²) in [6.07, 6.45) is 3.82. The quantitative estimate of drug-likeness (QED) is 0.531. The number of allylic oxidation sites excluding steroid dienone is 3. The number of esters is 1. The number of hydrogen-bond donors (Lipinski definition) is 1. The van der Waals surface area contributed by atoms with Gasteiger partial charge in [-0.05, 0) is 55.7 Å². The van der Waals surface area contributed by atoms with Crippen molar-refractivity contribution in [2.75, 3.05) is 26.9 Å². The molecule has 1 aliphatic carbocycles. The Labute approximate surface area is 207 Å². The molecule has 35 heavy (non-hydrogen) atoms. The van der Waals surface area contributed by atoms with Crippen LogP contribution in [0.3, 0.4) is 0 Å². The van der Waals surface area contributed by atoms with E-state index in [0.29, 0.717) is 48.0 Å². The van der Waals surface area contributed by atoms with E-state index in [9.17, 15) is 9.59 Å². The lowest BCUT2D eigenvalue weighted by Gasteiger charge is -2.39. The molecule has 1 aromatic rings. The van der Waals surface area contributed by atoms with E-state index in [-0.39, 0.29) is 23.9 Å². The van der Waals surface area contributed by atoms with E-state index in [1.165, 1.54) is 0 Å². The lowest BCUT2D eigenvalue weighted by atomic mass is 9.68. The highest BCUT2D eigenvalue weighted by Gasteiger charge is 2.43. The molecule has 1 fully saturated rings. The fraction of sp³-hybridized carbons (Fsp3) is 0.571. The van der Waals surface area contributed by atoms with Crippen molar-refractivity contribution in [3.05, 3.63) is 46.3 Å². The first-order valence-electron chi connectivity index (χ1n) is 12.6. The third kappa shape index (κ3) is 5.40. The van der Waals surface area contributed by atoms with Gasteiger partial charge in [-0.1, -0.05) is 26.8 Å². The average Bonchev–Trinajstić information content (AvgIpc) is 3.33. The molecule has 0 spiro atoms. The molecule has 7 nitrogen and oxygen atoms in total. The van der Waals surface area contributed by atoms with Crippen molar-refractivity contribution in [2.24, 2.45) is 5.41 Å². The van der Waals surface area contributed by atoms with Crippen LogP contribution in [0.1, 0.15) is 71.3 Å². The van der Waals surface area contributed by atoms with Gasteiger partial charge in [-0.3, -0.25) is 4.79 Å². The highest BCUT2D eigenvalue weighted by Crippen LogP contribution is 2.48. The molecule has 0 saturated carbocycles. The zero-order valence-corrected chi connectivity index (χ0v) is 21.5. The fourth-order valence-corrected chi connectivity index (χ4v) is 5.26. The predicted octanol–water partition coefficient (Wildman–Crippen LogP) is 4.81. The summed E-state index contributed by atoms with van der Waals surface area (Å²) < 4.78 is 22.8. The minimum Gasteiger partial charge on any atom is -0.493 e. The molecular weight excluding hydrogens is 446 g/mol. The van der Waals surface area contributed by atoms with E-state index in [1.54, 1.807) is 7.11 Å². The molecule has 2 unspecified atom stereocenters. The second kappa shape index (κ2) is 10.4. The number of benzene rings is 1. The largest absolute Gasteiger partial charge is 0.493 e. The van der Waals surface area contributed by atoms with E-state index in [0.717, 1.165) is 36.9 Å². The van der Waals surface area contributed by atoms with Crippen LogP contribution >= 0.6 is 0 Å². The second-order valence-corrected chi connectivity index (χ2v) is 10.4. The Balaban J connectivity index is 1.74. The SMILES string of the molecule is CCCOc1ccc(C2C(C(=O)OCC3CCCO3)=C(C)NC3=C2C(=O)CC(C)(C)C3)cc1OC. The monoisotopic (exact) mass is 483 g/mol. The van der Waals surface area contributed by atoms with Gasteiger partial charge in [-0.2, -0.15) is 0 Å². The van der Waals surface area contributed by atoms with Crippen molar-refractivity contribution in [3.8, 4) is 11.5 Å². The number of Topliss-reactive ketones (excluding diaryl/α,β-unsaturated/α-hetero) is 1. The van der Waals surface area contributed by atoms with Gasteiger partial charge in [0.05, 0.1) is 25.4 Å². The first-order valence-corrected chi connectivity index (χ1v) is 12.6. The predicted molar refractivity (Wildman–Crippen MR) is 132 cm³/mol. The maximum atomic E-state index is 13.5. The molecule has 1 N–H and O–H groups in total. The Bertz CT molecular complexity index is 1050. The van der Waals surface area contributed by atoms with Crippen molar-refractivity contribution in [1.29, 1.82) is 0 Å². The Morgan fingerprint density at radius 2 is 2.03 bits per heavy atom. The molecular formula is C28H37NO6. The molecule has 0 aromatic heterocycles. The van der Waals surface area contributed by atoms with Gasteiger partial charge in [0.1, 0.15) is 6.61 Å². The number of carbonyl (C=O) groups is 2. The number of carbonyl (C=O) groups excluding carboxylic acids is 2. The number of rotatable bonds is 8. The van der Waals surface area contributed by atoms with Crippen molar-refractivity contribution in [3.63, 3.8) is 0 Å². The maximum absolute atomic E-state index is 13.5. The van der Waals surface area contributed by atoms with Crippen LogP contribution in [-0.2, 0) is 19.1 Å². The van der Waals surface area contributed by atoms with Gasteiger partial charge in [-0.25, -0.2) is 4.79 Å². The lowest BCUT2D eigenvalue weighted by Crippen LogP contribution is -2.39. The summed E-state index contributed by atoms with van der Waals surface area (Å²) >= 11 is 0. The van der Waals surface area contributed by atoms with Crippen LogP contribution in [0.25, 0.3) is 0 Å². The minimum atomic E-state index is -0.541. The molecule has 1 saturated heterocycles. The van der Waals surface area contributed by atoms with Crippen LogP contribution in [0.2, 0.25) is 0 Å². The molecule has 7 heteroatoms. The maximum Gasteiger partial charge on any atom is 0.336 e. The summed E-state index contributed by atoms with van der Waals surface area (Å²) in [4.78, 5) is 26.9. The minimum absolute atomic E-state index is 0.0518. The Morgan fingerprint density at radius 1 is 1.23 bits per heavy atom. The van der Waals surface area contributed by atoms with Crippen molar-refractivity contribution < 1.29 is 28.5 Å². The topological polar surface area (TPSA) is 83.1 Å². The third-order valence-corrected chi connectivity index (χ3v) is 6.87. The highest BCUT2D eigenvalue weighted by molar-refractivity contribution is 6.04. The van der Waals surface area contributed by atoms with Crippen LogP contribution in [0.4, 0.5) is 0 Å². The fourth-order valence-electron chi connectivity index (χ4n) is 5.26. The molecule has 190 valence electrons. The molecule has 4 rings (SSSR count). The first kappa shape index (κ1) is 25.3. The molecule has 3 aliphatic rings. The van der Waals surface area contributed by atoms with Gasteiger partial charge in [0.2, 0.25) is 0 Å². The second-order valence-electron chi connectivity index (χ2n) is 10.4. The summed E-state index contributed by atoms with van der Waals surface area (Å²) in [6.45, 7) is 9.59. The number of nitrogens with one attached hydrogen (secondary N) is 1. The van der Waals surface area contributed by atoms with Gasteiger partial charge >= 0.3 is 5.97 Å². The van der Waals surface area contributed by atoms with E-state index in [2.05, 4.69) is 19.2 Å². The number of ether oxygens (including phenoxy) is 4. The van der Waals surface area contributed by atoms with Gasteiger partial charge in [0.25, 0.3) is 0 Å². The van der Waals surface area contributed by atoms with Crippen LogP contribution in [0, 0.1) is 5.41 Å². The van der Waals surface area contributed by atoms with Crippen molar-refractivity contribution in [1.82, 2.24) is 5.32 Å². The smallest absolute Gasteiger partial charge is 0.336 e. The van der Waals surface area contributed by atoms with E-state index >= 15 is 0 Å². The third-order valence-electron chi connectivity index (χ3n) is 6.87. The van der Waals surface area contributed by atoms with Gasteiger partial charge in [-0.15, -0.1) is 0 Å². The van der Waals surface area contributed by atoms with Crippen LogP contribution in [0.5, 0.6) is 11.5 Å². The Morgan fingerprint density at radius 3 is 2.71 bits per heavy atom. The molecule has 0 radical (unpaired) electrons. The molecule has 0 amide bonds. The molecule has 2 atom stereocenters. The molecule has 2 aliphatic heterocycles. The first-order chi connectivity index (χ1) is 16.7. The van der Waals surface area contributed by atoms with E-state index in [1.807, 2.05) is 32.0 Å². The van der Waals surface area contributed by atoms with Gasteiger partial charge in [0.15, 0.2) is 17.3 Å². The van der Waals surface area contributed by atoms with Crippen LogP contribution < -0.4 is 14.8 Å². The number of hydrogen-bond acceptors (Lipinski definition) is 7. The van der Waals surface area contributed by atoms with Crippen molar-refractivity contribution >= 4 is 11.8 Å². The normalized spacial score (nSPS) is 23.6. The average molecular weight is 484 g/mol. The van der Waals surface area contributed by atoms with E-state index in [4.69, 9.17) is 18.9 Å². The Kier molecular flexibility index (Phi) is 7.55. The molecule has 1 aromatic carbocycles. The molecule has 2 heterocycles. The van der Waals surface area contributed by atoms with E-state index < -0.39 is 11.9 Å². The highest BCUT2D eigenvalue weighted by atomic mass is 16.6. The molecule has 0 bridgehead atoms. The number of methoxy groups -OCH3 is 1. The zero-order valence-electron chi connectivity index (χ0n) is 21.5. The Hall–Kier alpha value is -2.80. The lowest BCUT2D eigenvalue weighted by molar-refractivity contribution is -0.142. The van der Waals surface area contributed by atoms with Gasteiger partial charge < -0.3 is 24.3 Å².